The molecule has 4 nitrogen and oxygen atoms in total. The van der Waals surface area contributed by atoms with Crippen LogP contribution in [0.4, 0.5) is 0 Å². The van der Waals surface area contributed by atoms with Gasteiger partial charge >= 0.3 is 0 Å². The van der Waals surface area contributed by atoms with E-state index in [2.05, 4.69) is 13.8 Å². The molecule has 1 aliphatic heterocycles. The Morgan fingerprint density at radius 3 is 2.76 bits per heavy atom. The fourth-order valence-electron chi connectivity index (χ4n) is 2.86. The smallest absolute Gasteiger partial charge is 0.260 e. The highest BCUT2D eigenvalue weighted by atomic mass is 16.5. The molecule has 1 heterocycles. The third kappa shape index (κ3) is 4.21. The van der Waals surface area contributed by atoms with Crippen molar-refractivity contribution in [3.8, 4) is 5.75 Å². The number of carbonyl (C=O) groups is 1. The van der Waals surface area contributed by atoms with E-state index in [4.69, 9.17) is 4.74 Å². The van der Waals surface area contributed by atoms with Gasteiger partial charge in [-0.05, 0) is 55.4 Å². The van der Waals surface area contributed by atoms with Crippen LogP contribution in [0.5, 0.6) is 5.75 Å². The van der Waals surface area contributed by atoms with E-state index >= 15 is 0 Å². The highest BCUT2D eigenvalue weighted by Crippen LogP contribution is 2.21. The van der Waals surface area contributed by atoms with Gasteiger partial charge in [-0.1, -0.05) is 13.0 Å². The summed E-state index contributed by atoms with van der Waals surface area (Å²) in [7, 11) is 0. The predicted octanol–water partition coefficient (Wildman–Crippen LogP) is 2.16. The van der Waals surface area contributed by atoms with Crippen LogP contribution in [0.15, 0.2) is 18.2 Å². The van der Waals surface area contributed by atoms with Gasteiger partial charge < -0.3 is 14.7 Å². The summed E-state index contributed by atoms with van der Waals surface area (Å²) in [6.07, 6.45) is 0.984. The van der Waals surface area contributed by atoms with Crippen molar-refractivity contribution in [2.24, 2.45) is 11.8 Å². The van der Waals surface area contributed by atoms with Crippen LogP contribution in [-0.4, -0.2) is 42.2 Å². The van der Waals surface area contributed by atoms with Crippen molar-refractivity contribution in [1.29, 1.82) is 0 Å². The van der Waals surface area contributed by atoms with Crippen molar-refractivity contribution >= 4 is 5.91 Å². The number of aryl methyl sites for hydroxylation is 2. The molecule has 21 heavy (non-hydrogen) atoms. The van der Waals surface area contributed by atoms with Crippen molar-refractivity contribution in [2.75, 3.05) is 26.3 Å². The summed E-state index contributed by atoms with van der Waals surface area (Å²) in [4.78, 5) is 14.1. The molecule has 0 radical (unpaired) electrons. The number of likely N-dealkylation sites (tertiary alicyclic amines) is 1. The predicted molar refractivity (Wildman–Crippen MR) is 82.3 cm³/mol. The zero-order valence-corrected chi connectivity index (χ0v) is 13.1. The molecule has 0 spiro atoms. The minimum absolute atomic E-state index is 0.00164. The molecule has 2 atom stereocenters. The fraction of sp³-hybridized carbons (Fsp3) is 0.588. The summed E-state index contributed by atoms with van der Waals surface area (Å²) < 4.78 is 5.61. The lowest BCUT2D eigenvalue weighted by Gasteiger charge is -2.35. The third-order valence-electron chi connectivity index (χ3n) is 4.20. The highest BCUT2D eigenvalue weighted by Gasteiger charge is 2.27. The van der Waals surface area contributed by atoms with Crippen LogP contribution >= 0.6 is 0 Å². The van der Waals surface area contributed by atoms with Crippen LogP contribution < -0.4 is 4.74 Å². The number of carbonyl (C=O) groups excluding carboxylic acids is 1. The van der Waals surface area contributed by atoms with Crippen LogP contribution in [0, 0.1) is 25.7 Å². The van der Waals surface area contributed by atoms with Crippen molar-refractivity contribution < 1.29 is 14.6 Å². The van der Waals surface area contributed by atoms with E-state index in [9.17, 15) is 9.90 Å². The van der Waals surface area contributed by atoms with E-state index in [1.807, 2.05) is 30.0 Å². The van der Waals surface area contributed by atoms with Crippen molar-refractivity contribution in [3.63, 3.8) is 0 Å². The lowest BCUT2D eigenvalue weighted by Crippen LogP contribution is -2.46. The third-order valence-corrected chi connectivity index (χ3v) is 4.20. The summed E-state index contributed by atoms with van der Waals surface area (Å²) >= 11 is 0. The van der Waals surface area contributed by atoms with Gasteiger partial charge in [0.05, 0.1) is 0 Å². The molecule has 0 saturated carbocycles. The van der Waals surface area contributed by atoms with Crippen LogP contribution in [0.3, 0.4) is 0 Å². The Morgan fingerprint density at radius 1 is 1.33 bits per heavy atom. The Morgan fingerprint density at radius 2 is 2.10 bits per heavy atom. The number of nitrogens with zero attached hydrogens (tertiary/aromatic N) is 1. The lowest BCUT2D eigenvalue weighted by molar-refractivity contribution is -0.136. The van der Waals surface area contributed by atoms with Gasteiger partial charge in [-0.3, -0.25) is 4.79 Å². The largest absolute Gasteiger partial charge is 0.484 e. The summed E-state index contributed by atoms with van der Waals surface area (Å²) in [5.74, 6) is 1.36. The van der Waals surface area contributed by atoms with Crippen LogP contribution in [-0.2, 0) is 4.79 Å². The van der Waals surface area contributed by atoms with Crippen LogP contribution in [0.1, 0.15) is 24.5 Å². The van der Waals surface area contributed by atoms with Gasteiger partial charge in [0.1, 0.15) is 5.75 Å². The summed E-state index contributed by atoms with van der Waals surface area (Å²) in [5, 5.41) is 9.30. The molecule has 1 saturated heterocycles. The van der Waals surface area contributed by atoms with Gasteiger partial charge in [0.2, 0.25) is 0 Å². The molecule has 116 valence electrons. The van der Waals surface area contributed by atoms with E-state index in [0.29, 0.717) is 12.5 Å². The number of amides is 1. The van der Waals surface area contributed by atoms with Crippen LogP contribution in [0.2, 0.25) is 0 Å². The van der Waals surface area contributed by atoms with E-state index in [1.54, 1.807) is 0 Å². The Hall–Kier alpha value is -1.55. The Labute approximate surface area is 126 Å². The first-order chi connectivity index (χ1) is 9.99. The molecule has 0 aromatic heterocycles. The zero-order valence-electron chi connectivity index (χ0n) is 13.1. The van der Waals surface area contributed by atoms with Gasteiger partial charge in [-0.25, -0.2) is 0 Å². The minimum atomic E-state index is -0.00164. The molecular weight excluding hydrogens is 266 g/mol. The second-order valence-corrected chi connectivity index (χ2v) is 6.22. The summed E-state index contributed by atoms with van der Waals surface area (Å²) in [5.41, 5.74) is 2.37. The fourth-order valence-corrected chi connectivity index (χ4v) is 2.86. The Balaban J connectivity index is 1.90. The van der Waals surface area contributed by atoms with Gasteiger partial charge in [-0.2, -0.15) is 0 Å². The maximum absolute atomic E-state index is 12.2. The van der Waals surface area contributed by atoms with Crippen molar-refractivity contribution in [3.05, 3.63) is 29.3 Å². The average Bonchev–Trinajstić information content (AvgIpc) is 2.47. The molecule has 1 aromatic carbocycles. The van der Waals surface area contributed by atoms with Gasteiger partial charge in [-0.15, -0.1) is 0 Å². The lowest BCUT2D eigenvalue weighted by atomic mass is 9.91. The number of rotatable bonds is 4. The van der Waals surface area contributed by atoms with Gasteiger partial charge in [0, 0.05) is 19.7 Å². The number of hydrogen-bond acceptors (Lipinski definition) is 3. The molecule has 1 aromatic rings. The SMILES string of the molecule is Cc1ccc(OCC(=O)N2C[C@@H](C)C[C@@H](CO)C2)cc1C. The number of piperidine rings is 1. The minimum Gasteiger partial charge on any atom is -0.484 e. The molecule has 1 amide bonds. The van der Waals surface area contributed by atoms with Crippen LogP contribution in [0.25, 0.3) is 0 Å². The maximum atomic E-state index is 12.2. The summed E-state index contributed by atoms with van der Waals surface area (Å²) in [6.45, 7) is 7.80. The number of benzene rings is 1. The van der Waals surface area contributed by atoms with Crippen molar-refractivity contribution in [2.45, 2.75) is 27.2 Å². The molecule has 1 aliphatic rings. The number of aliphatic hydroxyl groups excluding tert-OH is 1. The maximum Gasteiger partial charge on any atom is 0.260 e. The summed E-state index contributed by atoms with van der Waals surface area (Å²) in [6, 6.07) is 5.85. The first kappa shape index (κ1) is 15.8. The van der Waals surface area contributed by atoms with Crippen molar-refractivity contribution in [1.82, 2.24) is 4.90 Å². The first-order valence-electron chi connectivity index (χ1n) is 7.58. The second kappa shape index (κ2) is 6.94. The number of aliphatic hydroxyl groups is 1. The number of hydrogen-bond donors (Lipinski definition) is 1. The molecular formula is C17H25NO3. The van der Waals surface area contributed by atoms with E-state index in [1.165, 1.54) is 5.56 Å². The molecule has 4 heteroatoms. The highest BCUT2D eigenvalue weighted by molar-refractivity contribution is 5.77. The molecule has 0 bridgehead atoms. The van der Waals surface area contributed by atoms with Gasteiger partial charge in [0.25, 0.3) is 5.91 Å². The molecule has 2 rings (SSSR count). The standard InChI is InChI=1S/C17H25NO3/c1-12-6-15(10-19)9-18(8-12)17(20)11-21-16-5-4-13(2)14(3)7-16/h4-5,7,12,15,19H,6,8-11H2,1-3H3/t12-,15+/m0/s1. The van der Waals surface area contributed by atoms with E-state index in [-0.39, 0.29) is 25.0 Å². The van der Waals surface area contributed by atoms with Gasteiger partial charge in [0.15, 0.2) is 6.61 Å². The second-order valence-electron chi connectivity index (χ2n) is 6.22. The topological polar surface area (TPSA) is 49.8 Å². The average molecular weight is 291 g/mol. The first-order valence-corrected chi connectivity index (χ1v) is 7.58. The molecule has 1 N–H and O–H groups in total. The molecule has 0 unspecified atom stereocenters. The normalized spacial score (nSPS) is 22.2. The monoisotopic (exact) mass is 291 g/mol. The zero-order chi connectivity index (χ0) is 15.4. The Bertz CT molecular complexity index is 501. The van der Waals surface area contributed by atoms with E-state index < -0.39 is 0 Å². The number of ether oxygens (including phenoxy) is 1. The molecule has 0 aliphatic carbocycles. The quantitative estimate of drug-likeness (QED) is 0.925. The van der Waals surface area contributed by atoms with E-state index in [0.717, 1.165) is 24.3 Å². The Kier molecular flexibility index (Phi) is 5.23. The molecule has 1 fully saturated rings.